The van der Waals surface area contributed by atoms with Gasteiger partial charge in [-0.15, -0.1) is 11.3 Å². The summed E-state index contributed by atoms with van der Waals surface area (Å²) in [4.78, 5) is 21.7. The standard InChI is InChI=1S/C29H27F3N4OS/c30-29(31,32)23-12-7-13-24(18-23)33-28-34-25(20-38-28)19-26(37)35-14-16-36(17-15-35)27(21-8-3-1-4-9-21)22-10-5-2-6-11-22/h1-13,18,20,27H,14-17,19H2,(H,33,34). The van der Waals surface area contributed by atoms with Crippen LogP contribution in [0, 0.1) is 0 Å². The third kappa shape index (κ3) is 6.23. The van der Waals surface area contributed by atoms with E-state index in [2.05, 4.69) is 63.7 Å². The van der Waals surface area contributed by atoms with Crippen molar-refractivity contribution in [2.24, 2.45) is 0 Å². The van der Waals surface area contributed by atoms with Crippen LogP contribution < -0.4 is 5.32 Å². The molecule has 0 unspecified atom stereocenters. The molecule has 0 atom stereocenters. The molecule has 1 saturated heterocycles. The van der Waals surface area contributed by atoms with Gasteiger partial charge in [0.05, 0.1) is 23.7 Å². The van der Waals surface area contributed by atoms with E-state index < -0.39 is 11.7 Å². The predicted molar refractivity (Wildman–Crippen MR) is 143 cm³/mol. The maximum absolute atomic E-state index is 13.0. The molecule has 2 heterocycles. The Morgan fingerprint density at radius 1 is 0.895 bits per heavy atom. The second kappa shape index (κ2) is 11.4. The topological polar surface area (TPSA) is 48.5 Å². The number of rotatable bonds is 7. The van der Waals surface area contributed by atoms with Crippen LogP contribution in [-0.4, -0.2) is 46.9 Å². The molecule has 3 aromatic carbocycles. The number of carbonyl (C=O) groups excluding carboxylic acids is 1. The van der Waals surface area contributed by atoms with Gasteiger partial charge in [0.25, 0.3) is 0 Å². The number of hydrogen-bond donors (Lipinski definition) is 1. The molecule has 196 valence electrons. The van der Waals surface area contributed by atoms with Gasteiger partial charge < -0.3 is 10.2 Å². The van der Waals surface area contributed by atoms with E-state index in [1.54, 1.807) is 11.4 Å². The molecule has 9 heteroatoms. The minimum absolute atomic E-state index is 0.00320. The SMILES string of the molecule is O=C(Cc1csc(Nc2cccc(C(F)(F)F)c2)n1)N1CCN(C(c2ccccc2)c2ccccc2)CC1. The highest BCUT2D eigenvalue weighted by Gasteiger charge is 2.31. The molecule has 1 N–H and O–H groups in total. The number of nitrogens with zero attached hydrogens (tertiary/aromatic N) is 3. The zero-order valence-corrected chi connectivity index (χ0v) is 21.4. The Bertz CT molecular complexity index is 1310. The van der Waals surface area contributed by atoms with Crippen molar-refractivity contribution in [1.82, 2.24) is 14.8 Å². The van der Waals surface area contributed by atoms with E-state index in [-0.39, 0.29) is 18.4 Å². The fourth-order valence-electron chi connectivity index (χ4n) is 4.72. The van der Waals surface area contributed by atoms with E-state index in [0.717, 1.165) is 25.2 Å². The molecule has 0 spiro atoms. The van der Waals surface area contributed by atoms with Crippen molar-refractivity contribution < 1.29 is 18.0 Å². The molecule has 5 nitrogen and oxygen atoms in total. The van der Waals surface area contributed by atoms with Crippen LogP contribution in [-0.2, 0) is 17.4 Å². The monoisotopic (exact) mass is 536 g/mol. The summed E-state index contributed by atoms with van der Waals surface area (Å²) in [6, 6.07) is 25.9. The number of piperazine rings is 1. The lowest BCUT2D eigenvalue weighted by Crippen LogP contribution is -2.50. The van der Waals surface area contributed by atoms with Crippen LogP contribution in [0.15, 0.2) is 90.3 Å². The van der Waals surface area contributed by atoms with Crippen molar-refractivity contribution in [3.8, 4) is 0 Å². The maximum Gasteiger partial charge on any atom is 0.416 e. The largest absolute Gasteiger partial charge is 0.416 e. The zero-order chi connectivity index (χ0) is 26.5. The molecule has 1 aliphatic heterocycles. The molecule has 0 radical (unpaired) electrons. The number of aromatic nitrogens is 1. The maximum atomic E-state index is 13.0. The van der Waals surface area contributed by atoms with E-state index in [1.807, 2.05) is 17.0 Å². The van der Waals surface area contributed by atoms with Crippen LogP contribution in [0.1, 0.15) is 28.4 Å². The summed E-state index contributed by atoms with van der Waals surface area (Å²) in [5.74, 6) is -0.00320. The summed E-state index contributed by atoms with van der Waals surface area (Å²) in [5.41, 5.74) is 2.62. The molecule has 5 rings (SSSR count). The van der Waals surface area contributed by atoms with Gasteiger partial charge >= 0.3 is 6.18 Å². The lowest BCUT2D eigenvalue weighted by Gasteiger charge is -2.39. The summed E-state index contributed by atoms with van der Waals surface area (Å²) in [6.07, 6.45) is -4.26. The van der Waals surface area contributed by atoms with Crippen LogP contribution in [0.4, 0.5) is 24.0 Å². The number of hydrogen-bond acceptors (Lipinski definition) is 5. The van der Waals surface area contributed by atoms with Gasteiger partial charge in [-0.05, 0) is 29.3 Å². The van der Waals surface area contributed by atoms with E-state index in [1.165, 1.54) is 28.5 Å². The van der Waals surface area contributed by atoms with Gasteiger partial charge in [-0.3, -0.25) is 9.69 Å². The minimum Gasteiger partial charge on any atom is -0.340 e. The van der Waals surface area contributed by atoms with Crippen molar-refractivity contribution in [1.29, 1.82) is 0 Å². The fourth-order valence-corrected chi connectivity index (χ4v) is 5.45. The summed E-state index contributed by atoms with van der Waals surface area (Å²) >= 11 is 1.26. The van der Waals surface area contributed by atoms with E-state index in [4.69, 9.17) is 0 Å². The van der Waals surface area contributed by atoms with Gasteiger partial charge in [-0.25, -0.2) is 4.98 Å². The predicted octanol–water partition coefficient (Wildman–Crippen LogP) is 6.38. The van der Waals surface area contributed by atoms with Crippen molar-refractivity contribution in [2.75, 3.05) is 31.5 Å². The number of amides is 1. The van der Waals surface area contributed by atoms with Gasteiger partial charge in [0, 0.05) is 37.2 Å². The number of thiazole rings is 1. The van der Waals surface area contributed by atoms with Crippen LogP contribution in [0.3, 0.4) is 0 Å². The number of nitrogens with one attached hydrogen (secondary N) is 1. The summed E-state index contributed by atoms with van der Waals surface area (Å²) in [5, 5.41) is 5.13. The Balaban J connectivity index is 1.19. The lowest BCUT2D eigenvalue weighted by atomic mass is 9.96. The van der Waals surface area contributed by atoms with Gasteiger partial charge in [0.2, 0.25) is 5.91 Å². The number of alkyl halides is 3. The molecular weight excluding hydrogens is 509 g/mol. The first kappa shape index (κ1) is 25.9. The number of benzene rings is 3. The van der Waals surface area contributed by atoms with E-state index in [9.17, 15) is 18.0 Å². The first-order valence-electron chi connectivity index (χ1n) is 12.4. The van der Waals surface area contributed by atoms with Crippen molar-refractivity contribution >= 4 is 28.1 Å². The summed E-state index contributed by atoms with van der Waals surface area (Å²) in [7, 11) is 0. The number of halogens is 3. The van der Waals surface area contributed by atoms with Crippen molar-refractivity contribution in [3.05, 3.63) is 113 Å². The average molecular weight is 537 g/mol. The highest BCUT2D eigenvalue weighted by atomic mass is 32.1. The quantitative estimate of drug-likeness (QED) is 0.298. The second-order valence-electron chi connectivity index (χ2n) is 9.16. The lowest BCUT2D eigenvalue weighted by molar-refractivity contribution is -0.137. The van der Waals surface area contributed by atoms with Gasteiger partial charge in [0.15, 0.2) is 5.13 Å². The van der Waals surface area contributed by atoms with Gasteiger partial charge in [-0.1, -0.05) is 66.7 Å². The smallest absolute Gasteiger partial charge is 0.340 e. The van der Waals surface area contributed by atoms with Gasteiger partial charge in [-0.2, -0.15) is 13.2 Å². The van der Waals surface area contributed by atoms with Crippen molar-refractivity contribution in [3.63, 3.8) is 0 Å². The number of anilines is 2. The molecule has 0 aliphatic carbocycles. The zero-order valence-electron chi connectivity index (χ0n) is 20.6. The normalized spacial score (nSPS) is 14.6. The molecule has 1 aliphatic rings. The number of carbonyl (C=O) groups is 1. The van der Waals surface area contributed by atoms with Crippen LogP contribution >= 0.6 is 11.3 Å². The Hall–Kier alpha value is -3.69. The molecule has 0 bridgehead atoms. The first-order valence-corrected chi connectivity index (χ1v) is 13.3. The summed E-state index contributed by atoms with van der Waals surface area (Å²) < 4.78 is 39.0. The fraction of sp³-hybridized carbons (Fsp3) is 0.241. The molecule has 38 heavy (non-hydrogen) atoms. The Kier molecular flexibility index (Phi) is 7.76. The molecule has 1 amide bonds. The third-order valence-electron chi connectivity index (χ3n) is 6.59. The minimum atomic E-state index is -4.41. The first-order chi connectivity index (χ1) is 18.4. The van der Waals surface area contributed by atoms with Crippen LogP contribution in [0.2, 0.25) is 0 Å². The van der Waals surface area contributed by atoms with Crippen molar-refractivity contribution in [2.45, 2.75) is 18.6 Å². The second-order valence-corrected chi connectivity index (χ2v) is 10.0. The average Bonchev–Trinajstić information content (AvgIpc) is 3.36. The molecule has 1 fully saturated rings. The Labute approximate surface area is 223 Å². The molecule has 1 aromatic heterocycles. The Morgan fingerprint density at radius 2 is 1.53 bits per heavy atom. The summed E-state index contributed by atoms with van der Waals surface area (Å²) in [6.45, 7) is 2.74. The molecule has 0 saturated carbocycles. The van der Waals surface area contributed by atoms with E-state index in [0.29, 0.717) is 29.6 Å². The van der Waals surface area contributed by atoms with Crippen LogP contribution in [0.5, 0.6) is 0 Å². The molecule has 4 aromatic rings. The molecular formula is C29H27F3N4OS. The Morgan fingerprint density at radius 3 is 2.13 bits per heavy atom. The van der Waals surface area contributed by atoms with Gasteiger partial charge in [0.1, 0.15) is 0 Å². The van der Waals surface area contributed by atoms with E-state index >= 15 is 0 Å². The highest BCUT2D eigenvalue weighted by Crippen LogP contribution is 2.32. The third-order valence-corrected chi connectivity index (χ3v) is 7.39. The van der Waals surface area contributed by atoms with Crippen LogP contribution in [0.25, 0.3) is 0 Å². The highest BCUT2D eigenvalue weighted by molar-refractivity contribution is 7.13.